The summed E-state index contributed by atoms with van der Waals surface area (Å²) < 4.78 is 17.4. The van der Waals surface area contributed by atoms with Crippen molar-refractivity contribution in [3.63, 3.8) is 0 Å². The van der Waals surface area contributed by atoms with Crippen molar-refractivity contribution in [2.75, 3.05) is 35.8 Å². The van der Waals surface area contributed by atoms with Crippen LogP contribution >= 0.6 is 0 Å². The first-order valence-corrected chi connectivity index (χ1v) is 11.8. The minimum Gasteiger partial charge on any atom is -0.490 e. The monoisotopic (exact) mass is 521 g/mol. The number of benzene rings is 3. The number of aliphatic hydroxyl groups is 1. The van der Waals surface area contributed by atoms with Gasteiger partial charge in [-0.15, -0.1) is 0 Å². The van der Waals surface area contributed by atoms with Gasteiger partial charge in [-0.1, -0.05) is 0 Å². The van der Waals surface area contributed by atoms with Crippen LogP contribution < -0.4 is 30.2 Å². The molecule has 0 heterocycles. The van der Waals surface area contributed by atoms with E-state index in [0.717, 1.165) is 0 Å². The number of carbonyl (C=O) groups excluding carboxylic acids is 3. The molecule has 3 rings (SSSR count). The molecule has 0 aliphatic rings. The Hall–Kier alpha value is -4.57. The van der Waals surface area contributed by atoms with E-state index in [1.165, 1.54) is 20.8 Å². The Bertz CT molecular complexity index is 1070. The molecule has 0 saturated carbocycles. The molecule has 0 saturated heterocycles. The standard InChI is InChI=1S/C28H31N3O7/c1-19(32)29-22-4-10-25(11-5-22)36-16-28(35,17-37-26-12-6-23(7-13-26)30-20(2)33)18-38-27-14-8-24(9-15-27)31-21(3)34/h4-15,35H,16-18H2,1-3H3,(H,29,32)(H,30,33)(H,31,34). The van der Waals surface area contributed by atoms with Gasteiger partial charge < -0.3 is 35.3 Å². The fourth-order valence-corrected chi connectivity index (χ4v) is 3.29. The van der Waals surface area contributed by atoms with Crippen LogP contribution in [0.25, 0.3) is 0 Å². The molecule has 4 N–H and O–H groups in total. The number of nitrogens with one attached hydrogen (secondary N) is 3. The summed E-state index contributed by atoms with van der Waals surface area (Å²) in [6, 6.07) is 20.2. The summed E-state index contributed by atoms with van der Waals surface area (Å²) in [5.41, 5.74) is 0.315. The summed E-state index contributed by atoms with van der Waals surface area (Å²) in [5.74, 6) is 0.901. The van der Waals surface area contributed by atoms with E-state index < -0.39 is 5.60 Å². The van der Waals surface area contributed by atoms with Gasteiger partial charge >= 0.3 is 0 Å². The molecule has 0 aliphatic heterocycles. The van der Waals surface area contributed by atoms with E-state index in [0.29, 0.717) is 34.3 Å². The Balaban J connectivity index is 1.67. The van der Waals surface area contributed by atoms with Gasteiger partial charge in [-0.25, -0.2) is 0 Å². The molecule has 10 heteroatoms. The molecule has 0 radical (unpaired) electrons. The van der Waals surface area contributed by atoms with Crippen LogP contribution in [0.2, 0.25) is 0 Å². The molecule has 200 valence electrons. The van der Waals surface area contributed by atoms with Gasteiger partial charge in [-0.3, -0.25) is 14.4 Å². The Kier molecular flexibility index (Phi) is 9.66. The van der Waals surface area contributed by atoms with E-state index in [9.17, 15) is 19.5 Å². The van der Waals surface area contributed by atoms with Gasteiger partial charge in [-0.2, -0.15) is 0 Å². The van der Waals surface area contributed by atoms with Crippen LogP contribution in [0.3, 0.4) is 0 Å². The van der Waals surface area contributed by atoms with Crippen molar-refractivity contribution in [2.24, 2.45) is 0 Å². The highest BCUT2D eigenvalue weighted by Crippen LogP contribution is 2.22. The van der Waals surface area contributed by atoms with Gasteiger partial charge in [-0.05, 0) is 72.8 Å². The molecule has 3 aromatic carbocycles. The number of ether oxygens (including phenoxy) is 3. The maximum Gasteiger partial charge on any atom is 0.221 e. The predicted molar refractivity (Wildman–Crippen MR) is 144 cm³/mol. The first-order chi connectivity index (χ1) is 18.1. The molecule has 3 amide bonds. The largest absolute Gasteiger partial charge is 0.490 e. The lowest BCUT2D eigenvalue weighted by atomic mass is 10.1. The van der Waals surface area contributed by atoms with Crippen LogP contribution in [0, 0.1) is 0 Å². The zero-order chi connectivity index (χ0) is 27.5. The summed E-state index contributed by atoms with van der Waals surface area (Å²) in [4.78, 5) is 33.7. The normalized spacial score (nSPS) is 10.7. The average Bonchev–Trinajstić information content (AvgIpc) is 2.87. The van der Waals surface area contributed by atoms with Crippen LogP contribution in [0.1, 0.15) is 20.8 Å². The molecule has 10 nitrogen and oxygen atoms in total. The molecule has 0 bridgehead atoms. The second-order valence-corrected chi connectivity index (χ2v) is 8.71. The maximum atomic E-state index is 11.4. The van der Waals surface area contributed by atoms with Crippen LogP contribution in [0.15, 0.2) is 72.8 Å². The van der Waals surface area contributed by atoms with E-state index >= 15 is 0 Å². The number of amides is 3. The molecule has 0 atom stereocenters. The van der Waals surface area contributed by atoms with Crippen molar-refractivity contribution in [3.8, 4) is 17.2 Å². The van der Waals surface area contributed by atoms with Crippen molar-refractivity contribution >= 4 is 34.8 Å². The maximum absolute atomic E-state index is 11.4. The van der Waals surface area contributed by atoms with Gasteiger partial charge in [0, 0.05) is 37.8 Å². The Morgan fingerprint density at radius 3 is 1.00 bits per heavy atom. The average molecular weight is 522 g/mol. The van der Waals surface area contributed by atoms with Crippen molar-refractivity contribution in [2.45, 2.75) is 26.4 Å². The van der Waals surface area contributed by atoms with Gasteiger partial charge in [0.2, 0.25) is 17.7 Å². The van der Waals surface area contributed by atoms with E-state index in [2.05, 4.69) is 16.0 Å². The first-order valence-electron chi connectivity index (χ1n) is 11.8. The number of carbonyl (C=O) groups is 3. The molecular formula is C28H31N3O7. The highest BCUT2D eigenvalue weighted by molar-refractivity contribution is 5.89. The highest BCUT2D eigenvalue weighted by Gasteiger charge is 2.31. The summed E-state index contributed by atoms with van der Waals surface area (Å²) in [7, 11) is 0. The fraction of sp³-hybridized carbons (Fsp3) is 0.250. The van der Waals surface area contributed by atoms with E-state index in [1.54, 1.807) is 72.8 Å². The van der Waals surface area contributed by atoms with Gasteiger partial charge in [0.25, 0.3) is 0 Å². The molecule has 0 fully saturated rings. The van der Waals surface area contributed by atoms with Crippen molar-refractivity contribution < 1.29 is 33.7 Å². The molecule has 0 spiro atoms. The topological polar surface area (TPSA) is 135 Å². The van der Waals surface area contributed by atoms with E-state index in [1.807, 2.05) is 0 Å². The van der Waals surface area contributed by atoms with Crippen LogP contribution in [0.4, 0.5) is 17.1 Å². The third-order valence-electron chi connectivity index (χ3n) is 5.05. The second-order valence-electron chi connectivity index (χ2n) is 8.71. The summed E-state index contributed by atoms with van der Waals surface area (Å²) >= 11 is 0. The van der Waals surface area contributed by atoms with Crippen LogP contribution in [0.5, 0.6) is 17.2 Å². The number of hydrogen-bond acceptors (Lipinski definition) is 7. The minimum atomic E-state index is -1.55. The zero-order valence-electron chi connectivity index (χ0n) is 21.4. The molecule has 0 aromatic heterocycles. The fourth-order valence-electron chi connectivity index (χ4n) is 3.29. The summed E-state index contributed by atoms with van der Waals surface area (Å²) in [6.45, 7) is 3.81. The van der Waals surface area contributed by atoms with E-state index in [4.69, 9.17) is 14.2 Å². The Labute approximate surface area is 220 Å². The molecule has 38 heavy (non-hydrogen) atoms. The summed E-state index contributed by atoms with van der Waals surface area (Å²) in [6.07, 6.45) is 0. The van der Waals surface area contributed by atoms with Crippen LogP contribution in [-0.2, 0) is 14.4 Å². The second kappa shape index (κ2) is 13.1. The van der Waals surface area contributed by atoms with Crippen molar-refractivity contribution in [3.05, 3.63) is 72.8 Å². The van der Waals surface area contributed by atoms with Gasteiger partial charge in [0.15, 0.2) is 5.60 Å². The van der Waals surface area contributed by atoms with E-state index in [-0.39, 0.29) is 37.5 Å². The zero-order valence-corrected chi connectivity index (χ0v) is 21.4. The Morgan fingerprint density at radius 2 is 0.789 bits per heavy atom. The predicted octanol–water partition coefficient (Wildman–Crippen LogP) is 3.83. The lowest BCUT2D eigenvalue weighted by Crippen LogP contribution is -2.47. The third kappa shape index (κ3) is 9.47. The first kappa shape index (κ1) is 28.0. The molecule has 0 aliphatic carbocycles. The lowest BCUT2D eigenvalue weighted by Gasteiger charge is -2.28. The third-order valence-corrected chi connectivity index (χ3v) is 5.05. The molecular weight excluding hydrogens is 490 g/mol. The lowest BCUT2D eigenvalue weighted by molar-refractivity contribution is -0.115. The number of hydrogen-bond donors (Lipinski definition) is 4. The number of rotatable bonds is 12. The van der Waals surface area contributed by atoms with Gasteiger partial charge in [0.05, 0.1) is 0 Å². The SMILES string of the molecule is CC(=O)Nc1ccc(OCC(O)(COc2ccc(NC(C)=O)cc2)COc2ccc(NC(C)=O)cc2)cc1. The van der Waals surface area contributed by atoms with Crippen LogP contribution in [-0.4, -0.2) is 48.2 Å². The minimum absolute atomic E-state index is 0.152. The Morgan fingerprint density at radius 1 is 0.553 bits per heavy atom. The van der Waals surface area contributed by atoms with Crippen molar-refractivity contribution in [1.29, 1.82) is 0 Å². The number of anilines is 3. The quantitative estimate of drug-likeness (QED) is 0.284. The molecule has 3 aromatic rings. The highest BCUT2D eigenvalue weighted by atomic mass is 16.5. The molecule has 0 unspecified atom stereocenters. The van der Waals surface area contributed by atoms with Gasteiger partial charge in [0.1, 0.15) is 37.1 Å². The van der Waals surface area contributed by atoms with Crippen molar-refractivity contribution in [1.82, 2.24) is 0 Å². The smallest absolute Gasteiger partial charge is 0.221 e. The summed E-state index contributed by atoms with van der Waals surface area (Å²) in [5, 5.41) is 19.4.